The van der Waals surface area contributed by atoms with Crippen molar-refractivity contribution < 1.29 is 9.47 Å². The summed E-state index contributed by atoms with van der Waals surface area (Å²) in [7, 11) is 1.62. The Bertz CT molecular complexity index is 623. The number of pyridine rings is 1. The van der Waals surface area contributed by atoms with Crippen LogP contribution in [0.5, 0.6) is 5.88 Å². The van der Waals surface area contributed by atoms with E-state index in [1.807, 2.05) is 12.1 Å². The van der Waals surface area contributed by atoms with Gasteiger partial charge in [0.1, 0.15) is 11.3 Å². The quantitative estimate of drug-likeness (QED) is 0.797. The lowest BCUT2D eigenvalue weighted by atomic mass is 10.1. The Morgan fingerprint density at radius 1 is 1.48 bits per heavy atom. The summed E-state index contributed by atoms with van der Waals surface area (Å²) in [5.74, 6) is 2.10. The van der Waals surface area contributed by atoms with Gasteiger partial charge in [-0.25, -0.2) is 4.98 Å². The van der Waals surface area contributed by atoms with Crippen LogP contribution < -0.4 is 4.74 Å². The molecule has 2 aromatic rings. The van der Waals surface area contributed by atoms with Gasteiger partial charge in [-0.2, -0.15) is 4.98 Å². The molecule has 114 valence electrons. The third-order valence-corrected chi connectivity index (χ3v) is 4.21. The van der Waals surface area contributed by atoms with Crippen molar-refractivity contribution in [2.75, 3.05) is 19.6 Å². The Labute approximate surface area is 129 Å². The standard InChI is InChI=1S/C15H20ClN3O2/c1-10(12-4-3-9-21-12)19-13(7-8-16)17-11-5-6-14(20-2)18-15(11)19/h5-6,10,12H,3-4,7-9H2,1-2H3. The Hall–Kier alpha value is -1.33. The van der Waals surface area contributed by atoms with Crippen LogP contribution in [0.1, 0.15) is 31.6 Å². The Morgan fingerprint density at radius 2 is 2.33 bits per heavy atom. The van der Waals surface area contributed by atoms with Gasteiger partial charge in [-0.05, 0) is 25.8 Å². The van der Waals surface area contributed by atoms with E-state index in [1.165, 1.54) is 0 Å². The lowest BCUT2D eigenvalue weighted by Gasteiger charge is -2.22. The second kappa shape index (κ2) is 6.20. The van der Waals surface area contributed by atoms with Crippen molar-refractivity contribution in [3.63, 3.8) is 0 Å². The summed E-state index contributed by atoms with van der Waals surface area (Å²) in [6, 6.07) is 3.97. The Balaban J connectivity index is 2.08. The minimum Gasteiger partial charge on any atom is -0.481 e. The van der Waals surface area contributed by atoms with Gasteiger partial charge in [-0.3, -0.25) is 0 Å². The second-order valence-electron chi connectivity index (χ2n) is 5.33. The van der Waals surface area contributed by atoms with E-state index < -0.39 is 0 Å². The molecule has 0 amide bonds. The van der Waals surface area contributed by atoms with E-state index in [2.05, 4.69) is 21.5 Å². The van der Waals surface area contributed by atoms with Crippen LogP contribution in [-0.4, -0.2) is 40.2 Å². The summed E-state index contributed by atoms with van der Waals surface area (Å²) in [5, 5.41) is 0. The maximum atomic E-state index is 5.93. The van der Waals surface area contributed by atoms with Crippen LogP contribution in [-0.2, 0) is 11.2 Å². The van der Waals surface area contributed by atoms with Crippen molar-refractivity contribution >= 4 is 22.8 Å². The zero-order chi connectivity index (χ0) is 14.8. The van der Waals surface area contributed by atoms with Gasteiger partial charge in [0.2, 0.25) is 5.88 Å². The normalized spacial score (nSPS) is 20.0. The molecular formula is C15H20ClN3O2. The molecule has 2 unspecified atom stereocenters. The minimum absolute atomic E-state index is 0.190. The van der Waals surface area contributed by atoms with E-state index in [4.69, 9.17) is 21.1 Å². The van der Waals surface area contributed by atoms with Gasteiger partial charge in [0.15, 0.2) is 5.65 Å². The summed E-state index contributed by atoms with van der Waals surface area (Å²) in [5.41, 5.74) is 1.72. The zero-order valence-electron chi connectivity index (χ0n) is 12.4. The molecule has 0 spiro atoms. The first kappa shape index (κ1) is 14.6. The molecular weight excluding hydrogens is 290 g/mol. The van der Waals surface area contributed by atoms with E-state index >= 15 is 0 Å². The highest BCUT2D eigenvalue weighted by molar-refractivity contribution is 6.17. The number of halogens is 1. The number of ether oxygens (including phenoxy) is 2. The maximum Gasteiger partial charge on any atom is 0.215 e. The number of alkyl halides is 1. The highest BCUT2D eigenvalue weighted by Crippen LogP contribution is 2.29. The average molecular weight is 310 g/mol. The van der Waals surface area contributed by atoms with E-state index in [1.54, 1.807) is 7.11 Å². The fraction of sp³-hybridized carbons (Fsp3) is 0.600. The fourth-order valence-electron chi connectivity index (χ4n) is 2.96. The smallest absolute Gasteiger partial charge is 0.215 e. The molecule has 0 aliphatic carbocycles. The number of nitrogens with zero attached hydrogens (tertiary/aromatic N) is 3. The molecule has 0 bridgehead atoms. The Kier molecular flexibility index (Phi) is 4.31. The van der Waals surface area contributed by atoms with E-state index in [0.717, 1.165) is 42.9 Å². The fourth-order valence-corrected chi connectivity index (χ4v) is 3.12. The molecule has 2 aromatic heterocycles. The van der Waals surface area contributed by atoms with Gasteiger partial charge in [0.25, 0.3) is 0 Å². The van der Waals surface area contributed by atoms with Crippen LogP contribution in [0.15, 0.2) is 12.1 Å². The maximum absolute atomic E-state index is 5.93. The molecule has 1 saturated heterocycles. The minimum atomic E-state index is 0.190. The largest absolute Gasteiger partial charge is 0.481 e. The molecule has 1 fully saturated rings. The Morgan fingerprint density at radius 3 is 3.00 bits per heavy atom. The van der Waals surface area contributed by atoms with Crippen molar-refractivity contribution in [1.29, 1.82) is 0 Å². The van der Waals surface area contributed by atoms with Crippen LogP contribution >= 0.6 is 11.6 Å². The molecule has 21 heavy (non-hydrogen) atoms. The summed E-state index contributed by atoms with van der Waals surface area (Å²) >= 11 is 5.93. The second-order valence-corrected chi connectivity index (χ2v) is 5.70. The molecule has 0 saturated carbocycles. The van der Waals surface area contributed by atoms with E-state index in [0.29, 0.717) is 11.8 Å². The lowest BCUT2D eigenvalue weighted by molar-refractivity contribution is 0.0734. The predicted octanol–water partition coefficient (Wildman–Crippen LogP) is 2.96. The molecule has 0 N–H and O–H groups in total. The lowest BCUT2D eigenvalue weighted by Crippen LogP contribution is -2.23. The number of methoxy groups -OCH3 is 1. The highest BCUT2D eigenvalue weighted by atomic mass is 35.5. The van der Waals surface area contributed by atoms with Crippen molar-refractivity contribution in [3.8, 4) is 5.88 Å². The first-order valence-electron chi connectivity index (χ1n) is 7.34. The molecule has 3 rings (SSSR count). The number of hydrogen-bond acceptors (Lipinski definition) is 4. The number of imidazole rings is 1. The molecule has 5 nitrogen and oxygen atoms in total. The summed E-state index contributed by atoms with van der Waals surface area (Å²) in [4.78, 5) is 9.24. The molecule has 1 aliphatic heterocycles. The average Bonchev–Trinajstić information content (AvgIpc) is 3.13. The van der Waals surface area contributed by atoms with E-state index in [9.17, 15) is 0 Å². The van der Waals surface area contributed by atoms with Gasteiger partial charge in [0, 0.05) is 25.0 Å². The highest BCUT2D eigenvalue weighted by Gasteiger charge is 2.27. The zero-order valence-corrected chi connectivity index (χ0v) is 13.1. The van der Waals surface area contributed by atoms with Gasteiger partial charge in [0.05, 0.1) is 19.3 Å². The topological polar surface area (TPSA) is 49.2 Å². The number of rotatable bonds is 5. The van der Waals surface area contributed by atoms with Crippen LogP contribution in [0.2, 0.25) is 0 Å². The predicted molar refractivity (Wildman–Crippen MR) is 82.2 cm³/mol. The molecule has 2 atom stereocenters. The van der Waals surface area contributed by atoms with Crippen molar-refractivity contribution in [2.45, 2.75) is 38.3 Å². The van der Waals surface area contributed by atoms with Crippen LogP contribution in [0.25, 0.3) is 11.2 Å². The number of aromatic nitrogens is 3. The molecule has 1 aliphatic rings. The first-order chi connectivity index (χ1) is 10.2. The molecule has 6 heteroatoms. The van der Waals surface area contributed by atoms with Crippen LogP contribution in [0.4, 0.5) is 0 Å². The number of aryl methyl sites for hydroxylation is 1. The van der Waals surface area contributed by atoms with Crippen molar-refractivity contribution in [1.82, 2.24) is 14.5 Å². The third kappa shape index (κ3) is 2.72. The monoisotopic (exact) mass is 309 g/mol. The van der Waals surface area contributed by atoms with Gasteiger partial charge in [-0.1, -0.05) is 0 Å². The van der Waals surface area contributed by atoms with Crippen molar-refractivity contribution in [3.05, 3.63) is 18.0 Å². The van der Waals surface area contributed by atoms with Crippen LogP contribution in [0, 0.1) is 0 Å². The SMILES string of the molecule is COc1ccc2nc(CCCl)n(C(C)C3CCCO3)c2n1. The van der Waals surface area contributed by atoms with Crippen LogP contribution in [0.3, 0.4) is 0 Å². The van der Waals surface area contributed by atoms with Gasteiger partial charge >= 0.3 is 0 Å². The summed E-state index contributed by atoms with van der Waals surface area (Å²) in [6.45, 7) is 3.00. The summed E-state index contributed by atoms with van der Waals surface area (Å²) < 4.78 is 13.2. The van der Waals surface area contributed by atoms with Gasteiger partial charge < -0.3 is 14.0 Å². The van der Waals surface area contributed by atoms with E-state index in [-0.39, 0.29) is 12.1 Å². The molecule has 3 heterocycles. The summed E-state index contributed by atoms with van der Waals surface area (Å²) in [6.07, 6.45) is 3.12. The number of hydrogen-bond donors (Lipinski definition) is 0. The van der Waals surface area contributed by atoms with Crippen molar-refractivity contribution in [2.24, 2.45) is 0 Å². The third-order valence-electron chi connectivity index (χ3n) is 4.02. The van der Waals surface area contributed by atoms with Gasteiger partial charge in [-0.15, -0.1) is 11.6 Å². The molecule has 0 aromatic carbocycles. The number of fused-ring (bicyclic) bond motifs is 1. The molecule has 0 radical (unpaired) electrons. The first-order valence-corrected chi connectivity index (χ1v) is 7.87.